The number of hydrogen-bond acceptors (Lipinski definition) is 4. The summed E-state index contributed by atoms with van der Waals surface area (Å²) in [5.41, 5.74) is 4.05. The van der Waals surface area contributed by atoms with E-state index in [4.69, 9.17) is 0 Å². The van der Waals surface area contributed by atoms with Crippen LogP contribution in [-0.2, 0) is 14.4 Å². The van der Waals surface area contributed by atoms with Crippen LogP contribution in [-0.4, -0.2) is 46.9 Å². The molecule has 3 N–H and O–H groups in total. The number of nitrogens with one attached hydrogen (secondary N) is 2. The zero-order valence-corrected chi connectivity index (χ0v) is 11.5. The number of piperidine rings is 1. The number of aliphatic carboxylic acids is 1. The number of likely N-dealkylation sites (tertiary alicyclic amines) is 1. The Morgan fingerprint density at radius 1 is 1.32 bits per heavy atom. The van der Waals surface area contributed by atoms with E-state index in [0.717, 1.165) is 12.8 Å². The first-order valence-electron chi connectivity index (χ1n) is 6.26. The molecule has 0 bridgehead atoms. The van der Waals surface area contributed by atoms with Gasteiger partial charge in [-0.15, -0.1) is 0 Å². The molecule has 0 aliphatic carbocycles. The number of carboxylic acid groups (broad SMARTS) is 1. The monoisotopic (exact) mass is 271 g/mol. The van der Waals surface area contributed by atoms with Crippen molar-refractivity contribution in [2.75, 3.05) is 13.1 Å². The van der Waals surface area contributed by atoms with E-state index in [-0.39, 0.29) is 17.9 Å². The number of rotatable bonds is 3. The standard InChI is InChI=1S/C12H21N3O4/c1-8(16)13-14-9(17)7-15-6-4-5-12(2,3)10(15)11(18)19/h10H,4-7H2,1-3H3,(H,13,16)(H,14,17)(H,18,19). The lowest BCUT2D eigenvalue weighted by Gasteiger charge is -2.43. The lowest BCUT2D eigenvalue weighted by atomic mass is 9.76. The van der Waals surface area contributed by atoms with Crippen LogP contribution >= 0.6 is 0 Å². The molecule has 0 spiro atoms. The van der Waals surface area contributed by atoms with Gasteiger partial charge in [0.1, 0.15) is 6.04 Å². The number of hydrogen-bond donors (Lipinski definition) is 3. The topological polar surface area (TPSA) is 98.7 Å². The average Bonchev–Trinajstić information content (AvgIpc) is 2.24. The van der Waals surface area contributed by atoms with Crippen molar-refractivity contribution in [1.82, 2.24) is 15.8 Å². The minimum absolute atomic E-state index is 0.0410. The highest BCUT2D eigenvalue weighted by Gasteiger charge is 2.42. The molecule has 0 saturated carbocycles. The zero-order valence-electron chi connectivity index (χ0n) is 11.5. The molecule has 1 atom stereocenters. The molecular formula is C12H21N3O4. The first kappa shape index (κ1) is 15.4. The van der Waals surface area contributed by atoms with Gasteiger partial charge >= 0.3 is 5.97 Å². The maximum absolute atomic E-state index is 11.6. The van der Waals surface area contributed by atoms with Crippen LogP contribution < -0.4 is 10.9 Å². The van der Waals surface area contributed by atoms with Gasteiger partial charge in [-0.1, -0.05) is 13.8 Å². The van der Waals surface area contributed by atoms with Gasteiger partial charge in [-0.05, 0) is 24.8 Å². The van der Waals surface area contributed by atoms with Crippen molar-refractivity contribution < 1.29 is 19.5 Å². The van der Waals surface area contributed by atoms with E-state index >= 15 is 0 Å². The summed E-state index contributed by atoms with van der Waals surface area (Å²) in [6.45, 7) is 5.59. The van der Waals surface area contributed by atoms with Crippen molar-refractivity contribution >= 4 is 17.8 Å². The van der Waals surface area contributed by atoms with Crippen LogP contribution in [0.15, 0.2) is 0 Å². The van der Waals surface area contributed by atoms with Crippen molar-refractivity contribution in [3.8, 4) is 0 Å². The number of hydrazine groups is 1. The fourth-order valence-electron chi connectivity index (χ4n) is 2.54. The minimum Gasteiger partial charge on any atom is -0.480 e. The number of amides is 2. The summed E-state index contributed by atoms with van der Waals surface area (Å²) in [6, 6.07) is -0.690. The van der Waals surface area contributed by atoms with Gasteiger partial charge < -0.3 is 5.11 Å². The Morgan fingerprint density at radius 3 is 2.47 bits per heavy atom. The van der Waals surface area contributed by atoms with E-state index in [9.17, 15) is 19.5 Å². The van der Waals surface area contributed by atoms with Gasteiger partial charge in [0.2, 0.25) is 5.91 Å². The molecular weight excluding hydrogens is 250 g/mol. The molecule has 1 heterocycles. The lowest BCUT2D eigenvalue weighted by Crippen LogP contribution is -2.57. The number of nitrogens with zero attached hydrogens (tertiary/aromatic N) is 1. The fraction of sp³-hybridized carbons (Fsp3) is 0.750. The quantitative estimate of drug-likeness (QED) is 0.614. The smallest absolute Gasteiger partial charge is 0.321 e. The van der Waals surface area contributed by atoms with E-state index in [1.807, 2.05) is 13.8 Å². The Labute approximate surface area is 112 Å². The molecule has 108 valence electrons. The molecule has 1 aliphatic heterocycles. The maximum atomic E-state index is 11.6. The molecule has 0 radical (unpaired) electrons. The van der Waals surface area contributed by atoms with Crippen molar-refractivity contribution in [2.24, 2.45) is 5.41 Å². The molecule has 2 amide bonds. The van der Waals surface area contributed by atoms with E-state index < -0.39 is 17.9 Å². The predicted molar refractivity (Wildman–Crippen MR) is 68.0 cm³/mol. The van der Waals surface area contributed by atoms with Crippen LogP contribution in [0.2, 0.25) is 0 Å². The molecule has 19 heavy (non-hydrogen) atoms. The van der Waals surface area contributed by atoms with Gasteiger partial charge in [-0.3, -0.25) is 30.1 Å². The Hall–Kier alpha value is -1.63. The third kappa shape index (κ3) is 4.20. The third-order valence-corrected chi connectivity index (χ3v) is 3.33. The fourth-order valence-corrected chi connectivity index (χ4v) is 2.54. The second-order valence-corrected chi connectivity index (χ2v) is 5.53. The van der Waals surface area contributed by atoms with Crippen LogP contribution in [0.25, 0.3) is 0 Å². The van der Waals surface area contributed by atoms with Crippen LogP contribution in [0, 0.1) is 5.41 Å². The highest BCUT2D eigenvalue weighted by molar-refractivity contribution is 5.83. The SMILES string of the molecule is CC(=O)NNC(=O)CN1CCCC(C)(C)C1C(=O)O. The molecule has 1 unspecified atom stereocenters. The molecule has 0 aromatic carbocycles. The van der Waals surface area contributed by atoms with Crippen molar-refractivity contribution in [3.63, 3.8) is 0 Å². The number of carbonyl (C=O) groups is 3. The van der Waals surface area contributed by atoms with Gasteiger partial charge in [-0.25, -0.2) is 0 Å². The molecule has 1 fully saturated rings. The summed E-state index contributed by atoms with van der Waals surface area (Å²) in [6.07, 6.45) is 1.66. The van der Waals surface area contributed by atoms with Gasteiger partial charge in [0.25, 0.3) is 5.91 Å². The van der Waals surface area contributed by atoms with Crippen LogP contribution in [0.5, 0.6) is 0 Å². The summed E-state index contributed by atoms with van der Waals surface area (Å²) in [7, 11) is 0. The lowest BCUT2D eigenvalue weighted by molar-refractivity contribution is -0.151. The summed E-state index contributed by atoms with van der Waals surface area (Å²) in [5, 5.41) is 9.33. The summed E-state index contributed by atoms with van der Waals surface area (Å²) in [4.78, 5) is 35.3. The Morgan fingerprint density at radius 2 is 1.95 bits per heavy atom. The first-order valence-corrected chi connectivity index (χ1v) is 6.26. The van der Waals surface area contributed by atoms with Crippen molar-refractivity contribution in [2.45, 2.75) is 39.7 Å². The highest BCUT2D eigenvalue weighted by atomic mass is 16.4. The van der Waals surface area contributed by atoms with Crippen LogP contribution in [0.1, 0.15) is 33.6 Å². The van der Waals surface area contributed by atoms with Crippen molar-refractivity contribution in [3.05, 3.63) is 0 Å². The molecule has 7 heteroatoms. The largest absolute Gasteiger partial charge is 0.480 e. The second kappa shape index (κ2) is 6.01. The maximum Gasteiger partial charge on any atom is 0.321 e. The van der Waals surface area contributed by atoms with Gasteiger partial charge in [0.15, 0.2) is 0 Å². The molecule has 0 aromatic rings. The molecule has 1 saturated heterocycles. The van der Waals surface area contributed by atoms with Crippen molar-refractivity contribution in [1.29, 1.82) is 0 Å². The highest BCUT2D eigenvalue weighted by Crippen LogP contribution is 2.34. The minimum atomic E-state index is -0.919. The summed E-state index contributed by atoms with van der Waals surface area (Å²) >= 11 is 0. The van der Waals surface area contributed by atoms with E-state index in [2.05, 4.69) is 10.9 Å². The van der Waals surface area contributed by atoms with E-state index in [1.165, 1.54) is 6.92 Å². The normalized spacial score (nSPS) is 22.6. The van der Waals surface area contributed by atoms with Gasteiger partial charge in [0.05, 0.1) is 6.54 Å². The zero-order chi connectivity index (χ0) is 14.6. The van der Waals surface area contributed by atoms with Crippen LogP contribution in [0.4, 0.5) is 0 Å². The number of carboxylic acids is 1. The molecule has 1 aliphatic rings. The Balaban J connectivity index is 2.66. The Bertz CT molecular complexity index is 381. The molecule has 0 aromatic heterocycles. The molecule has 1 rings (SSSR count). The average molecular weight is 271 g/mol. The van der Waals surface area contributed by atoms with E-state index in [1.54, 1.807) is 4.90 Å². The summed E-state index contributed by atoms with van der Waals surface area (Å²) in [5.74, 6) is -1.71. The molecule has 7 nitrogen and oxygen atoms in total. The Kier molecular flexibility index (Phi) is 4.88. The first-order chi connectivity index (χ1) is 8.74. The van der Waals surface area contributed by atoms with Gasteiger partial charge in [-0.2, -0.15) is 0 Å². The van der Waals surface area contributed by atoms with Gasteiger partial charge in [0, 0.05) is 6.92 Å². The summed E-state index contributed by atoms with van der Waals surface area (Å²) < 4.78 is 0. The third-order valence-electron chi connectivity index (χ3n) is 3.33. The number of carbonyl (C=O) groups excluding carboxylic acids is 2. The second-order valence-electron chi connectivity index (χ2n) is 5.53. The predicted octanol–water partition coefficient (Wildman–Crippen LogP) is -0.271. The van der Waals surface area contributed by atoms with Crippen LogP contribution in [0.3, 0.4) is 0 Å². The van der Waals surface area contributed by atoms with E-state index in [0.29, 0.717) is 6.54 Å².